The van der Waals surface area contributed by atoms with E-state index >= 15 is 0 Å². The van der Waals surface area contributed by atoms with Crippen LogP contribution in [0.5, 0.6) is 0 Å². The lowest BCUT2D eigenvalue weighted by atomic mass is 9.98. The summed E-state index contributed by atoms with van der Waals surface area (Å²) in [5.74, 6) is -0.737. The number of rotatable bonds is 3. The van der Waals surface area contributed by atoms with E-state index in [1.54, 1.807) is 0 Å². The Morgan fingerprint density at radius 3 is 2.65 bits per heavy atom. The predicted octanol–water partition coefficient (Wildman–Crippen LogP) is 3.19. The maximum Gasteiger partial charge on any atom is 0.351 e. The van der Waals surface area contributed by atoms with Gasteiger partial charge in [-0.3, -0.25) is 10.1 Å². The van der Waals surface area contributed by atoms with Crippen LogP contribution in [0.2, 0.25) is 0 Å². The number of nitro benzene ring substituents is 1. The minimum atomic E-state index is -0.799. The summed E-state index contributed by atoms with van der Waals surface area (Å²) in [7, 11) is 0. The molecule has 0 spiro atoms. The van der Waals surface area contributed by atoms with Gasteiger partial charge in [0.1, 0.15) is 17.3 Å². The number of carbonyl (C=O) groups is 1. The number of carbonyl (C=O) groups excluding carboxylic acids is 1. The first-order chi connectivity index (χ1) is 11.0. The Balaban J connectivity index is 1.92. The highest BCUT2D eigenvalue weighted by atomic mass is 16.6. The average Bonchev–Trinajstić information content (AvgIpc) is 2.54. The molecule has 1 aliphatic rings. The fourth-order valence-electron chi connectivity index (χ4n) is 2.76. The zero-order valence-electron chi connectivity index (χ0n) is 12.3. The van der Waals surface area contributed by atoms with Crippen LogP contribution in [-0.2, 0) is 4.74 Å². The van der Waals surface area contributed by atoms with Gasteiger partial charge in [-0.2, -0.15) is 0 Å². The molecule has 0 atom stereocenters. The molecule has 1 aliphatic carbocycles. The SMILES string of the molecule is O=C(OC1CCCCC1)c1cc2cc([N+](=O)[O-])ccc2oc1=O. The molecule has 0 amide bonds. The van der Waals surface area contributed by atoms with E-state index in [0.717, 1.165) is 32.1 Å². The maximum absolute atomic E-state index is 12.2. The second kappa shape index (κ2) is 6.20. The van der Waals surface area contributed by atoms with Crippen LogP contribution >= 0.6 is 0 Å². The molecule has 1 fully saturated rings. The summed E-state index contributed by atoms with van der Waals surface area (Å²) in [5.41, 5.74) is -0.983. The smallest absolute Gasteiger partial charge is 0.351 e. The number of hydrogen-bond donors (Lipinski definition) is 0. The molecule has 1 heterocycles. The molecule has 1 saturated carbocycles. The molecule has 3 rings (SSSR count). The molecule has 1 aromatic heterocycles. The topological polar surface area (TPSA) is 99.7 Å². The van der Waals surface area contributed by atoms with E-state index in [9.17, 15) is 19.7 Å². The van der Waals surface area contributed by atoms with Crippen molar-refractivity contribution >= 4 is 22.6 Å². The zero-order chi connectivity index (χ0) is 16.4. The lowest BCUT2D eigenvalue weighted by Crippen LogP contribution is -2.24. The molecule has 120 valence electrons. The third-order valence-corrected chi connectivity index (χ3v) is 3.97. The van der Waals surface area contributed by atoms with Crippen LogP contribution < -0.4 is 5.63 Å². The number of hydrogen-bond acceptors (Lipinski definition) is 6. The van der Waals surface area contributed by atoms with Crippen molar-refractivity contribution in [2.45, 2.75) is 38.2 Å². The molecular weight excluding hydrogens is 302 g/mol. The molecule has 0 saturated heterocycles. The van der Waals surface area contributed by atoms with Crippen LogP contribution in [0.3, 0.4) is 0 Å². The van der Waals surface area contributed by atoms with Gasteiger partial charge in [0, 0.05) is 17.5 Å². The van der Waals surface area contributed by atoms with Gasteiger partial charge in [0.05, 0.1) is 4.92 Å². The summed E-state index contributed by atoms with van der Waals surface area (Å²) in [6.45, 7) is 0. The summed E-state index contributed by atoms with van der Waals surface area (Å²) in [5, 5.41) is 11.1. The number of non-ortho nitro benzene ring substituents is 1. The van der Waals surface area contributed by atoms with Crippen molar-refractivity contribution in [1.29, 1.82) is 0 Å². The van der Waals surface area contributed by atoms with Crippen molar-refractivity contribution in [1.82, 2.24) is 0 Å². The Bertz CT molecular complexity index is 819. The largest absolute Gasteiger partial charge is 0.459 e. The van der Waals surface area contributed by atoms with E-state index in [-0.39, 0.29) is 22.9 Å². The summed E-state index contributed by atoms with van der Waals surface area (Å²) in [6, 6.07) is 5.13. The third kappa shape index (κ3) is 3.23. The van der Waals surface area contributed by atoms with Gasteiger partial charge in [-0.05, 0) is 37.8 Å². The fourth-order valence-corrected chi connectivity index (χ4v) is 2.76. The van der Waals surface area contributed by atoms with Crippen molar-refractivity contribution in [3.63, 3.8) is 0 Å². The highest BCUT2D eigenvalue weighted by Crippen LogP contribution is 2.23. The van der Waals surface area contributed by atoms with Crippen LogP contribution in [0.1, 0.15) is 42.5 Å². The fraction of sp³-hybridized carbons (Fsp3) is 0.375. The normalized spacial score (nSPS) is 15.5. The molecule has 1 aromatic carbocycles. The Morgan fingerprint density at radius 1 is 1.22 bits per heavy atom. The van der Waals surface area contributed by atoms with Crippen LogP contribution in [0.15, 0.2) is 33.5 Å². The quantitative estimate of drug-likeness (QED) is 0.373. The molecule has 7 heteroatoms. The summed E-state index contributed by atoms with van der Waals surface area (Å²) in [4.78, 5) is 34.4. The van der Waals surface area contributed by atoms with E-state index in [1.807, 2.05) is 0 Å². The standard InChI is InChI=1S/C16H15NO6/c18-15(22-12-4-2-1-3-5-12)13-9-10-8-11(17(20)21)6-7-14(10)23-16(13)19/h6-9,12H,1-5H2. The Kier molecular flexibility index (Phi) is 4.10. The minimum Gasteiger partial charge on any atom is -0.459 e. The van der Waals surface area contributed by atoms with Gasteiger partial charge in [0.2, 0.25) is 0 Å². The Morgan fingerprint density at radius 2 is 1.96 bits per heavy atom. The van der Waals surface area contributed by atoms with Gasteiger partial charge in [-0.1, -0.05) is 6.42 Å². The minimum absolute atomic E-state index is 0.141. The van der Waals surface area contributed by atoms with Crippen LogP contribution in [0.4, 0.5) is 5.69 Å². The van der Waals surface area contributed by atoms with Gasteiger partial charge in [-0.15, -0.1) is 0 Å². The highest BCUT2D eigenvalue weighted by molar-refractivity contribution is 5.93. The van der Waals surface area contributed by atoms with E-state index in [0.29, 0.717) is 5.39 Å². The Hall–Kier alpha value is -2.70. The monoisotopic (exact) mass is 317 g/mol. The molecule has 2 aromatic rings. The van der Waals surface area contributed by atoms with Gasteiger partial charge in [0.25, 0.3) is 5.69 Å². The van der Waals surface area contributed by atoms with Gasteiger partial charge < -0.3 is 9.15 Å². The second-order valence-electron chi connectivity index (χ2n) is 5.59. The Labute approximate surface area is 131 Å². The van der Waals surface area contributed by atoms with Gasteiger partial charge in [0.15, 0.2) is 0 Å². The third-order valence-electron chi connectivity index (χ3n) is 3.97. The first kappa shape index (κ1) is 15.2. The molecule has 7 nitrogen and oxygen atoms in total. The first-order valence-corrected chi connectivity index (χ1v) is 7.48. The molecule has 23 heavy (non-hydrogen) atoms. The van der Waals surface area contributed by atoms with E-state index in [4.69, 9.17) is 9.15 Å². The molecule has 0 unspecified atom stereocenters. The van der Waals surface area contributed by atoms with Crippen LogP contribution in [0.25, 0.3) is 11.0 Å². The number of esters is 1. The molecular formula is C16H15NO6. The van der Waals surface area contributed by atoms with Gasteiger partial charge in [-0.25, -0.2) is 9.59 Å². The average molecular weight is 317 g/mol. The first-order valence-electron chi connectivity index (χ1n) is 7.48. The van der Waals surface area contributed by atoms with Crippen LogP contribution in [0, 0.1) is 10.1 Å². The maximum atomic E-state index is 12.2. The van der Waals surface area contributed by atoms with Gasteiger partial charge >= 0.3 is 11.6 Å². The van der Waals surface area contributed by atoms with E-state index in [2.05, 4.69) is 0 Å². The molecule has 0 radical (unpaired) electrons. The number of benzene rings is 1. The van der Waals surface area contributed by atoms with Crippen molar-refractivity contribution in [2.24, 2.45) is 0 Å². The molecule has 0 bridgehead atoms. The number of ether oxygens (including phenoxy) is 1. The molecule has 0 aliphatic heterocycles. The lowest BCUT2D eigenvalue weighted by Gasteiger charge is -2.21. The van der Waals surface area contributed by atoms with Crippen molar-refractivity contribution in [3.05, 3.63) is 50.4 Å². The van der Waals surface area contributed by atoms with Crippen molar-refractivity contribution in [2.75, 3.05) is 0 Å². The lowest BCUT2D eigenvalue weighted by molar-refractivity contribution is -0.384. The van der Waals surface area contributed by atoms with E-state index < -0.39 is 16.5 Å². The number of nitrogens with zero attached hydrogens (tertiary/aromatic N) is 1. The number of fused-ring (bicyclic) bond motifs is 1. The number of nitro groups is 1. The van der Waals surface area contributed by atoms with E-state index in [1.165, 1.54) is 24.3 Å². The summed E-state index contributed by atoms with van der Waals surface area (Å²) >= 11 is 0. The second-order valence-corrected chi connectivity index (χ2v) is 5.59. The zero-order valence-corrected chi connectivity index (χ0v) is 12.3. The summed E-state index contributed by atoms with van der Waals surface area (Å²) in [6.07, 6.45) is 4.51. The molecule has 0 N–H and O–H groups in total. The van der Waals surface area contributed by atoms with Crippen molar-refractivity contribution in [3.8, 4) is 0 Å². The summed E-state index contributed by atoms with van der Waals surface area (Å²) < 4.78 is 10.4. The van der Waals surface area contributed by atoms with Crippen molar-refractivity contribution < 1.29 is 18.9 Å². The van der Waals surface area contributed by atoms with Crippen LogP contribution in [-0.4, -0.2) is 17.0 Å². The predicted molar refractivity (Wildman–Crippen MR) is 81.4 cm³/mol. The highest BCUT2D eigenvalue weighted by Gasteiger charge is 2.22.